The molecule has 0 bridgehead atoms. The third-order valence-corrected chi connectivity index (χ3v) is 7.55. The Morgan fingerprint density at radius 1 is 1.38 bits per heavy atom. The van der Waals surface area contributed by atoms with Gasteiger partial charge in [0.2, 0.25) is 0 Å². The fraction of sp³-hybridized carbons (Fsp3) is 0.286. The molecule has 0 atom stereocenters. The number of rotatable bonds is 2. The number of sulfonamides is 1. The van der Waals surface area contributed by atoms with Gasteiger partial charge in [-0.1, -0.05) is 23.7 Å². The van der Waals surface area contributed by atoms with Gasteiger partial charge in [-0.05, 0) is 42.2 Å². The van der Waals surface area contributed by atoms with Crippen molar-refractivity contribution in [2.75, 3.05) is 12.3 Å². The summed E-state index contributed by atoms with van der Waals surface area (Å²) in [6.45, 7) is 2.61. The van der Waals surface area contributed by atoms with E-state index in [1.54, 1.807) is 6.07 Å². The lowest BCUT2D eigenvalue weighted by Crippen LogP contribution is -2.35. The lowest BCUT2D eigenvalue weighted by Gasteiger charge is -2.28. The van der Waals surface area contributed by atoms with Crippen molar-refractivity contribution in [3.63, 3.8) is 0 Å². The zero-order chi connectivity index (χ0) is 15.2. The van der Waals surface area contributed by atoms with E-state index < -0.39 is 10.0 Å². The minimum Gasteiger partial charge on any atom is -0.398 e. The monoisotopic (exact) mass is 342 g/mol. The number of hydrogen-bond donors (Lipinski definition) is 1. The standard InChI is InChI=1S/C14H15ClN2O2S2/c1-9-7-13(20-14(9)15)21(18,19)17-6-5-11-10(8-17)3-2-4-12(11)16/h2-4,7H,5-6,8,16H2,1H3. The highest BCUT2D eigenvalue weighted by molar-refractivity contribution is 7.91. The van der Waals surface area contributed by atoms with Gasteiger partial charge >= 0.3 is 0 Å². The van der Waals surface area contributed by atoms with E-state index in [1.807, 2.05) is 25.1 Å². The predicted molar refractivity (Wildman–Crippen MR) is 86.2 cm³/mol. The van der Waals surface area contributed by atoms with E-state index in [0.29, 0.717) is 28.1 Å². The van der Waals surface area contributed by atoms with Crippen LogP contribution in [0, 0.1) is 6.92 Å². The Hall–Kier alpha value is -1.08. The molecule has 2 heterocycles. The first kappa shape index (κ1) is 14.8. The van der Waals surface area contributed by atoms with E-state index in [2.05, 4.69) is 0 Å². The van der Waals surface area contributed by atoms with Crippen molar-refractivity contribution in [1.82, 2.24) is 4.31 Å². The maximum Gasteiger partial charge on any atom is 0.252 e. The molecular formula is C14H15ClN2O2S2. The molecular weight excluding hydrogens is 328 g/mol. The van der Waals surface area contributed by atoms with Crippen LogP contribution in [0.25, 0.3) is 0 Å². The third kappa shape index (κ3) is 2.57. The summed E-state index contributed by atoms with van der Waals surface area (Å²) in [4.78, 5) is 0. The Bertz CT molecular complexity index is 780. The van der Waals surface area contributed by atoms with Gasteiger partial charge in [-0.2, -0.15) is 4.31 Å². The maximum absolute atomic E-state index is 12.7. The molecule has 2 N–H and O–H groups in total. The zero-order valence-electron chi connectivity index (χ0n) is 11.5. The normalized spacial score (nSPS) is 15.9. The summed E-state index contributed by atoms with van der Waals surface area (Å²) >= 11 is 7.11. The first-order valence-corrected chi connectivity index (χ1v) is 9.15. The highest BCUT2D eigenvalue weighted by atomic mass is 35.5. The van der Waals surface area contributed by atoms with Crippen LogP contribution >= 0.6 is 22.9 Å². The summed E-state index contributed by atoms with van der Waals surface area (Å²) < 4.78 is 27.7. The summed E-state index contributed by atoms with van der Waals surface area (Å²) in [6, 6.07) is 7.28. The van der Waals surface area contributed by atoms with Crippen LogP contribution in [0.3, 0.4) is 0 Å². The Morgan fingerprint density at radius 2 is 2.14 bits per heavy atom. The Balaban J connectivity index is 1.95. The van der Waals surface area contributed by atoms with Crippen LogP contribution in [-0.4, -0.2) is 19.3 Å². The first-order valence-electron chi connectivity index (χ1n) is 6.52. The summed E-state index contributed by atoms with van der Waals surface area (Å²) in [5.74, 6) is 0. The molecule has 21 heavy (non-hydrogen) atoms. The van der Waals surface area contributed by atoms with E-state index in [1.165, 1.54) is 4.31 Å². The van der Waals surface area contributed by atoms with Crippen molar-refractivity contribution >= 4 is 38.6 Å². The molecule has 112 valence electrons. The van der Waals surface area contributed by atoms with Crippen LogP contribution in [0.2, 0.25) is 4.34 Å². The first-order chi connectivity index (χ1) is 9.89. The molecule has 0 unspecified atom stereocenters. The van der Waals surface area contributed by atoms with Gasteiger partial charge in [-0.3, -0.25) is 0 Å². The van der Waals surface area contributed by atoms with Gasteiger partial charge in [-0.15, -0.1) is 11.3 Å². The number of nitrogen functional groups attached to an aromatic ring is 1. The van der Waals surface area contributed by atoms with E-state index in [9.17, 15) is 8.42 Å². The summed E-state index contributed by atoms with van der Waals surface area (Å²) in [6.07, 6.45) is 0.638. The molecule has 7 heteroatoms. The third-order valence-electron chi connectivity index (χ3n) is 3.70. The van der Waals surface area contributed by atoms with Crippen LogP contribution in [-0.2, 0) is 23.0 Å². The molecule has 2 aromatic rings. The minimum atomic E-state index is -3.49. The number of halogens is 1. The van der Waals surface area contributed by atoms with Crippen molar-refractivity contribution in [3.05, 3.63) is 45.3 Å². The quantitative estimate of drug-likeness (QED) is 0.853. The summed E-state index contributed by atoms with van der Waals surface area (Å²) in [7, 11) is -3.49. The van der Waals surface area contributed by atoms with Crippen LogP contribution in [0.1, 0.15) is 16.7 Å². The van der Waals surface area contributed by atoms with Crippen molar-refractivity contribution in [1.29, 1.82) is 0 Å². The van der Waals surface area contributed by atoms with Gasteiger partial charge in [0.15, 0.2) is 0 Å². The lowest BCUT2D eigenvalue weighted by atomic mass is 9.99. The summed E-state index contributed by atoms with van der Waals surface area (Å²) in [5, 5.41) is 0. The maximum atomic E-state index is 12.7. The van der Waals surface area contributed by atoms with Crippen molar-refractivity contribution < 1.29 is 8.42 Å². The average Bonchev–Trinajstić information content (AvgIpc) is 2.79. The van der Waals surface area contributed by atoms with E-state index in [0.717, 1.165) is 33.7 Å². The number of nitrogens with zero attached hydrogens (tertiary/aromatic N) is 1. The molecule has 0 amide bonds. The van der Waals surface area contributed by atoms with Gasteiger partial charge in [-0.25, -0.2) is 8.42 Å². The lowest BCUT2D eigenvalue weighted by molar-refractivity contribution is 0.393. The molecule has 4 nitrogen and oxygen atoms in total. The molecule has 0 radical (unpaired) electrons. The highest BCUT2D eigenvalue weighted by Crippen LogP contribution is 2.34. The Kier molecular flexibility index (Phi) is 3.73. The molecule has 1 aliphatic rings. The second-order valence-electron chi connectivity index (χ2n) is 5.10. The van der Waals surface area contributed by atoms with Crippen LogP contribution < -0.4 is 5.73 Å². The largest absolute Gasteiger partial charge is 0.398 e. The van der Waals surface area contributed by atoms with E-state index in [-0.39, 0.29) is 0 Å². The average molecular weight is 343 g/mol. The van der Waals surface area contributed by atoms with Gasteiger partial charge in [0.05, 0.1) is 4.34 Å². The molecule has 1 aromatic heterocycles. The second-order valence-corrected chi connectivity index (χ2v) is 8.91. The van der Waals surface area contributed by atoms with E-state index in [4.69, 9.17) is 17.3 Å². The molecule has 0 aliphatic carbocycles. The van der Waals surface area contributed by atoms with Gasteiger partial charge in [0.1, 0.15) is 4.21 Å². The number of anilines is 1. The molecule has 1 aliphatic heterocycles. The predicted octanol–water partition coefficient (Wildman–Crippen LogP) is 3.04. The number of thiophene rings is 1. The van der Waals surface area contributed by atoms with Gasteiger partial charge in [0.25, 0.3) is 10.0 Å². The topological polar surface area (TPSA) is 63.4 Å². The highest BCUT2D eigenvalue weighted by Gasteiger charge is 2.30. The molecule has 1 aromatic carbocycles. The van der Waals surface area contributed by atoms with Crippen molar-refractivity contribution in [2.24, 2.45) is 0 Å². The molecule has 3 rings (SSSR count). The van der Waals surface area contributed by atoms with Gasteiger partial charge in [0, 0.05) is 18.8 Å². The molecule has 0 spiro atoms. The number of fused-ring (bicyclic) bond motifs is 1. The minimum absolute atomic E-state index is 0.303. The van der Waals surface area contributed by atoms with Crippen LogP contribution in [0.4, 0.5) is 5.69 Å². The fourth-order valence-electron chi connectivity index (χ4n) is 2.50. The molecule has 0 fully saturated rings. The number of benzene rings is 1. The van der Waals surface area contributed by atoms with E-state index >= 15 is 0 Å². The second kappa shape index (κ2) is 5.28. The molecule has 0 saturated heterocycles. The number of hydrogen-bond acceptors (Lipinski definition) is 4. The SMILES string of the molecule is Cc1cc(S(=O)(=O)N2CCc3c(N)cccc3C2)sc1Cl. The smallest absolute Gasteiger partial charge is 0.252 e. The number of nitrogens with two attached hydrogens (primary N) is 1. The van der Waals surface area contributed by atoms with Crippen LogP contribution in [0.5, 0.6) is 0 Å². The van der Waals surface area contributed by atoms with Crippen molar-refractivity contribution in [3.8, 4) is 0 Å². The summed E-state index contributed by atoms with van der Waals surface area (Å²) in [5.41, 5.74) is 9.51. The zero-order valence-corrected chi connectivity index (χ0v) is 13.9. The molecule has 0 saturated carbocycles. The Morgan fingerprint density at radius 3 is 2.81 bits per heavy atom. The fourth-order valence-corrected chi connectivity index (χ4v) is 5.79. The van der Waals surface area contributed by atoms with Crippen molar-refractivity contribution in [2.45, 2.75) is 24.1 Å². The number of aryl methyl sites for hydroxylation is 1. The Labute approximate surface area is 133 Å². The van der Waals surface area contributed by atoms with Gasteiger partial charge < -0.3 is 5.73 Å². The van der Waals surface area contributed by atoms with Crippen LogP contribution in [0.15, 0.2) is 28.5 Å².